The minimum absolute atomic E-state index is 0.0554. The normalized spacial score (nSPS) is 19.1. The maximum absolute atomic E-state index is 14.1. The number of rotatable bonds is 6. The number of carbonyl (C=O) groups is 2. The van der Waals surface area contributed by atoms with E-state index in [4.69, 9.17) is 21.1 Å². The molecule has 2 aromatic carbocycles. The standard InChI is InChI=1S/C29H34ClF3N2O5/c1-34(2)25(36)23-8-7-22(18-24(23)30)40-20-9-11-27(12-10-20)13-15-35(16-14-27)26(37)28(38,29(31,32)33)19-5-4-6-21(17-19)39-3/h4-8,17-18,20,38H,9-16H2,1-3H3/t28-/m1/s1. The van der Waals surface area contributed by atoms with Crippen LogP contribution in [0.25, 0.3) is 0 Å². The first-order valence-corrected chi connectivity index (χ1v) is 13.6. The Morgan fingerprint density at radius 1 is 1.02 bits per heavy atom. The van der Waals surface area contributed by atoms with E-state index >= 15 is 0 Å². The van der Waals surface area contributed by atoms with Crippen LogP contribution in [0.1, 0.15) is 54.4 Å². The van der Waals surface area contributed by atoms with Gasteiger partial charge in [-0.3, -0.25) is 9.59 Å². The van der Waals surface area contributed by atoms with Crippen molar-refractivity contribution in [2.45, 2.75) is 56.4 Å². The van der Waals surface area contributed by atoms with Crippen molar-refractivity contribution in [3.8, 4) is 11.5 Å². The Labute approximate surface area is 236 Å². The topological polar surface area (TPSA) is 79.3 Å². The van der Waals surface area contributed by atoms with Crippen molar-refractivity contribution in [1.82, 2.24) is 9.80 Å². The van der Waals surface area contributed by atoms with Crippen LogP contribution in [0.4, 0.5) is 13.2 Å². The second kappa shape index (κ2) is 11.5. The lowest BCUT2D eigenvalue weighted by Gasteiger charge is -2.47. The van der Waals surface area contributed by atoms with Crippen LogP contribution in [0, 0.1) is 5.41 Å². The van der Waals surface area contributed by atoms with Crippen LogP contribution in [0.5, 0.6) is 11.5 Å². The zero-order valence-electron chi connectivity index (χ0n) is 22.8. The predicted molar refractivity (Wildman–Crippen MR) is 144 cm³/mol. The first kappa shape index (κ1) is 30.0. The fourth-order valence-electron chi connectivity index (χ4n) is 5.67. The van der Waals surface area contributed by atoms with Crippen molar-refractivity contribution in [3.63, 3.8) is 0 Å². The molecule has 1 saturated heterocycles. The summed E-state index contributed by atoms with van der Waals surface area (Å²) in [5.41, 5.74) is -3.93. The van der Waals surface area contributed by atoms with Gasteiger partial charge in [0.1, 0.15) is 11.5 Å². The van der Waals surface area contributed by atoms with Gasteiger partial charge in [-0.1, -0.05) is 23.7 Å². The van der Waals surface area contributed by atoms with Gasteiger partial charge in [-0.2, -0.15) is 13.2 Å². The van der Waals surface area contributed by atoms with E-state index in [1.165, 1.54) is 24.1 Å². The molecule has 4 rings (SSSR count). The van der Waals surface area contributed by atoms with Crippen molar-refractivity contribution >= 4 is 23.4 Å². The van der Waals surface area contributed by atoms with Crippen molar-refractivity contribution in [2.75, 3.05) is 34.3 Å². The summed E-state index contributed by atoms with van der Waals surface area (Å²) in [6.07, 6.45) is -1.05. The quantitative estimate of drug-likeness (QED) is 0.491. The van der Waals surface area contributed by atoms with Gasteiger partial charge in [0.15, 0.2) is 0 Å². The molecule has 0 aromatic heterocycles. The molecule has 40 heavy (non-hydrogen) atoms. The van der Waals surface area contributed by atoms with E-state index in [9.17, 15) is 27.9 Å². The Morgan fingerprint density at radius 2 is 1.68 bits per heavy atom. The van der Waals surface area contributed by atoms with E-state index in [1.54, 1.807) is 32.3 Å². The summed E-state index contributed by atoms with van der Waals surface area (Å²) in [6.45, 7) is 0.257. The van der Waals surface area contributed by atoms with Gasteiger partial charge in [-0.15, -0.1) is 0 Å². The number of halogens is 4. The molecule has 1 spiro atoms. The van der Waals surface area contributed by atoms with E-state index in [-0.39, 0.29) is 36.3 Å². The number of methoxy groups -OCH3 is 1. The molecular weight excluding hydrogens is 549 g/mol. The van der Waals surface area contributed by atoms with E-state index in [1.807, 2.05) is 0 Å². The van der Waals surface area contributed by atoms with Crippen LogP contribution in [-0.2, 0) is 10.4 Å². The van der Waals surface area contributed by atoms with E-state index < -0.39 is 23.2 Å². The molecule has 0 unspecified atom stereocenters. The number of piperidine rings is 1. The van der Waals surface area contributed by atoms with E-state index in [2.05, 4.69) is 0 Å². The lowest BCUT2D eigenvalue weighted by molar-refractivity contribution is -0.262. The van der Waals surface area contributed by atoms with Crippen LogP contribution in [0.3, 0.4) is 0 Å². The number of hydrogen-bond acceptors (Lipinski definition) is 5. The summed E-state index contributed by atoms with van der Waals surface area (Å²) >= 11 is 6.30. The maximum Gasteiger partial charge on any atom is 0.430 e. The summed E-state index contributed by atoms with van der Waals surface area (Å²) < 4.78 is 53.6. The van der Waals surface area contributed by atoms with Crippen LogP contribution in [-0.4, -0.2) is 73.3 Å². The third-order valence-corrected chi connectivity index (χ3v) is 8.50. The molecule has 1 saturated carbocycles. The van der Waals surface area contributed by atoms with Crippen LogP contribution in [0.2, 0.25) is 5.02 Å². The Morgan fingerprint density at radius 3 is 2.23 bits per heavy atom. The highest BCUT2D eigenvalue weighted by Crippen LogP contribution is 2.47. The van der Waals surface area contributed by atoms with Gasteiger partial charge in [0.05, 0.1) is 23.8 Å². The minimum Gasteiger partial charge on any atom is -0.497 e. The predicted octanol–water partition coefficient (Wildman–Crippen LogP) is 5.43. The van der Waals surface area contributed by atoms with Gasteiger partial charge in [-0.05, 0) is 74.3 Å². The minimum atomic E-state index is -5.21. The fraction of sp³-hybridized carbons (Fsp3) is 0.517. The average molecular weight is 583 g/mol. The smallest absolute Gasteiger partial charge is 0.430 e. The van der Waals surface area contributed by atoms with Gasteiger partial charge in [0, 0.05) is 32.7 Å². The molecule has 1 N–H and O–H groups in total. The average Bonchev–Trinajstić information content (AvgIpc) is 2.93. The molecule has 1 atom stereocenters. The SMILES string of the molecule is COc1cccc([C@@](O)(C(=O)N2CCC3(CCC(Oc4ccc(C(=O)N(C)C)c(Cl)c4)CC3)CC2)C(F)(F)F)c1. The highest BCUT2D eigenvalue weighted by Gasteiger charge is 2.62. The summed E-state index contributed by atoms with van der Waals surface area (Å²) in [5.74, 6) is -0.873. The first-order chi connectivity index (χ1) is 18.8. The second-order valence-corrected chi connectivity index (χ2v) is 11.3. The summed E-state index contributed by atoms with van der Waals surface area (Å²) in [7, 11) is 4.60. The van der Waals surface area contributed by atoms with E-state index in [0.29, 0.717) is 29.2 Å². The Kier molecular flexibility index (Phi) is 8.61. The number of benzene rings is 2. The number of amides is 2. The van der Waals surface area contributed by atoms with Gasteiger partial charge in [0.2, 0.25) is 0 Å². The molecular formula is C29H34ClF3N2O5. The first-order valence-electron chi connectivity index (χ1n) is 13.2. The number of hydrogen-bond donors (Lipinski definition) is 1. The third-order valence-electron chi connectivity index (χ3n) is 8.19. The zero-order chi connectivity index (χ0) is 29.3. The third kappa shape index (κ3) is 5.88. The summed E-state index contributed by atoms with van der Waals surface area (Å²) in [6, 6.07) is 9.89. The molecule has 7 nitrogen and oxygen atoms in total. The van der Waals surface area contributed by atoms with Crippen LogP contribution >= 0.6 is 11.6 Å². The molecule has 1 aliphatic heterocycles. The molecule has 2 aliphatic rings. The van der Waals surface area contributed by atoms with Crippen LogP contribution in [0.15, 0.2) is 42.5 Å². The molecule has 2 fully saturated rings. The molecule has 1 heterocycles. The van der Waals surface area contributed by atoms with E-state index in [0.717, 1.165) is 42.7 Å². The van der Waals surface area contributed by atoms with Gasteiger partial charge in [-0.25, -0.2) is 0 Å². The largest absolute Gasteiger partial charge is 0.497 e. The Bertz CT molecular complexity index is 1240. The Balaban J connectivity index is 1.37. The number of carbonyl (C=O) groups excluding carboxylic acids is 2. The molecule has 1 aliphatic carbocycles. The second-order valence-electron chi connectivity index (χ2n) is 10.9. The van der Waals surface area contributed by atoms with Crippen molar-refractivity contribution < 1.29 is 37.3 Å². The lowest BCUT2D eigenvalue weighted by atomic mass is 9.67. The van der Waals surface area contributed by atoms with Crippen LogP contribution < -0.4 is 9.47 Å². The molecule has 2 aromatic rings. The van der Waals surface area contributed by atoms with Crippen molar-refractivity contribution in [1.29, 1.82) is 0 Å². The van der Waals surface area contributed by atoms with Gasteiger partial charge >= 0.3 is 6.18 Å². The number of ether oxygens (including phenoxy) is 2. The highest BCUT2D eigenvalue weighted by molar-refractivity contribution is 6.34. The Hall–Kier alpha value is -2.98. The maximum atomic E-state index is 14.1. The molecule has 2 amide bonds. The number of nitrogens with zero attached hydrogens (tertiary/aromatic N) is 2. The number of alkyl halides is 3. The highest BCUT2D eigenvalue weighted by atomic mass is 35.5. The van der Waals surface area contributed by atoms with Gasteiger partial charge in [0.25, 0.3) is 17.4 Å². The van der Waals surface area contributed by atoms with Crippen molar-refractivity contribution in [3.05, 3.63) is 58.6 Å². The summed E-state index contributed by atoms with van der Waals surface area (Å²) in [4.78, 5) is 28.0. The number of aliphatic hydroxyl groups is 1. The fourth-order valence-corrected chi connectivity index (χ4v) is 5.92. The molecule has 11 heteroatoms. The lowest BCUT2D eigenvalue weighted by Crippen LogP contribution is -2.58. The molecule has 218 valence electrons. The molecule has 0 bridgehead atoms. The number of likely N-dealkylation sites (tertiary alicyclic amines) is 1. The van der Waals surface area contributed by atoms with Crippen molar-refractivity contribution in [2.24, 2.45) is 5.41 Å². The van der Waals surface area contributed by atoms with Gasteiger partial charge < -0.3 is 24.4 Å². The zero-order valence-corrected chi connectivity index (χ0v) is 23.5. The summed E-state index contributed by atoms with van der Waals surface area (Å²) in [5, 5.41) is 11.1. The monoisotopic (exact) mass is 582 g/mol. The molecule has 0 radical (unpaired) electrons.